The summed E-state index contributed by atoms with van der Waals surface area (Å²) < 4.78 is 5.59. The Morgan fingerprint density at radius 3 is 2.58 bits per heavy atom. The first-order chi connectivity index (χ1) is 12.5. The maximum atomic E-state index is 12.5. The van der Waals surface area contributed by atoms with Crippen LogP contribution in [0.25, 0.3) is 0 Å². The topological polar surface area (TPSA) is 79.0 Å². The molecule has 1 aromatic rings. The van der Waals surface area contributed by atoms with Gasteiger partial charge in [0.05, 0.1) is 12.5 Å². The predicted molar refractivity (Wildman–Crippen MR) is 97.3 cm³/mol. The van der Waals surface area contributed by atoms with Crippen molar-refractivity contribution >= 4 is 23.6 Å². The van der Waals surface area contributed by atoms with Crippen LogP contribution in [-0.2, 0) is 9.59 Å². The first-order valence-corrected chi connectivity index (χ1v) is 9.15. The van der Waals surface area contributed by atoms with Gasteiger partial charge in [-0.25, -0.2) is 4.79 Å². The first kappa shape index (κ1) is 18.2. The van der Waals surface area contributed by atoms with Crippen LogP contribution in [0.1, 0.15) is 38.7 Å². The summed E-state index contributed by atoms with van der Waals surface area (Å²) in [6, 6.07) is 5.59. The van der Waals surface area contributed by atoms with Crippen LogP contribution in [0.5, 0.6) is 5.75 Å². The molecule has 3 amide bonds. The molecule has 3 rings (SSSR count). The van der Waals surface area contributed by atoms with Gasteiger partial charge in [-0.2, -0.15) is 0 Å². The van der Waals surface area contributed by atoms with Crippen molar-refractivity contribution in [2.24, 2.45) is 5.92 Å². The summed E-state index contributed by atoms with van der Waals surface area (Å²) in [5.41, 5.74) is 2.02. The van der Waals surface area contributed by atoms with E-state index in [4.69, 9.17) is 4.74 Å². The SMILES string of the molecule is CCN(CC)c1ccc2c(c1)OC(=O)C(CCN1C(=O)CNC1=O)C2C. The minimum Gasteiger partial charge on any atom is -0.426 e. The number of esters is 1. The average Bonchev–Trinajstić information content (AvgIpc) is 2.94. The molecule has 0 aromatic heterocycles. The molecule has 1 saturated heterocycles. The Kier molecular flexibility index (Phi) is 5.15. The number of nitrogens with zero attached hydrogens (tertiary/aromatic N) is 2. The summed E-state index contributed by atoms with van der Waals surface area (Å²) in [7, 11) is 0. The fraction of sp³-hybridized carbons (Fsp3) is 0.526. The molecule has 7 heteroatoms. The number of amides is 3. The van der Waals surface area contributed by atoms with E-state index in [-0.39, 0.29) is 36.8 Å². The van der Waals surface area contributed by atoms with Gasteiger partial charge in [0.2, 0.25) is 5.91 Å². The third kappa shape index (κ3) is 3.25. The molecule has 0 spiro atoms. The molecule has 2 aliphatic rings. The smallest absolute Gasteiger partial charge is 0.324 e. The van der Waals surface area contributed by atoms with E-state index < -0.39 is 6.03 Å². The minimum absolute atomic E-state index is 0.0282. The van der Waals surface area contributed by atoms with Gasteiger partial charge in [-0.3, -0.25) is 14.5 Å². The number of nitrogens with one attached hydrogen (secondary N) is 1. The number of imide groups is 1. The fourth-order valence-corrected chi connectivity index (χ4v) is 3.70. The van der Waals surface area contributed by atoms with Crippen LogP contribution in [-0.4, -0.2) is 49.0 Å². The van der Waals surface area contributed by atoms with Gasteiger partial charge in [0.15, 0.2) is 0 Å². The molecule has 1 N–H and O–H groups in total. The summed E-state index contributed by atoms with van der Waals surface area (Å²) in [4.78, 5) is 39.2. The lowest BCUT2D eigenvalue weighted by atomic mass is 9.83. The Morgan fingerprint density at radius 2 is 1.96 bits per heavy atom. The number of benzene rings is 1. The largest absolute Gasteiger partial charge is 0.426 e. The number of ether oxygens (including phenoxy) is 1. The highest BCUT2D eigenvalue weighted by atomic mass is 16.5. The minimum atomic E-state index is -0.393. The molecule has 0 aliphatic carbocycles. The Bertz CT molecular complexity index is 713. The van der Waals surface area contributed by atoms with Gasteiger partial charge in [0.25, 0.3) is 0 Å². The van der Waals surface area contributed by atoms with E-state index in [9.17, 15) is 14.4 Å². The van der Waals surface area contributed by atoms with E-state index in [1.54, 1.807) is 0 Å². The summed E-state index contributed by atoms with van der Waals surface area (Å²) in [5, 5.41) is 2.49. The van der Waals surface area contributed by atoms with Crippen molar-refractivity contribution in [3.63, 3.8) is 0 Å². The maximum absolute atomic E-state index is 12.5. The monoisotopic (exact) mass is 359 g/mol. The number of carbonyl (C=O) groups excluding carboxylic acids is 3. The molecule has 26 heavy (non-hydrogen) atoms. The summed E-state index contributed by atoms with van der Waals surface area (Å²) >= 11 is 0. The Balaban J connectivity index is 1.75. The van der Waals surface area contributed by atoms with E-state index in [1.807, 2.05) is 19.1 Å². The highest BCUT2D eigenvalue weighted by Crippen LogP contribution is 2.40. The van der Waals surface area contributed by atoms with Gasteiger partial charge in [-0.15, -0.1) is 0 Å². The van der Waals surface area contributed by atoms with Gasteiger partial charge >= 0.3 is 12.0 Å². The summed E-state index contributed by atoms with van der Waals surface area (Å²) in [6.45, 7) is 8.18. The summed E-state index contributed by atoms with van der Waals surface area (Å²) in [5.74, 6) is -0.344. The second-order valence-corrected chi connectivity index (χ2v) is 6.70. The van der Waals surface area contributed by atoms with Gasteiger partial charge in [-0.1, -0.05) is 13.0 Å². The van der Waals surface area contributed by atoms with Crippen molar-refractivity contribution in [3.8, 4) is 5.75 Å². The number of anilines is 1. The Labute approximate surface area is 153 Å². The number of carbonyl (C=O) groups is 3. The molecule has 0 bridgehead atoms. The third-order valence-electron chi connectivity index (χ3n) is 5.33. The van der Waals surface area contributed by atoms with E-state index in [0.29, 0.717) is 12.2 Å². The van der Waals surface area contributed by atoms with Crippen LogP contribution >= 0.6 is 0 Å². The van der Waals surface area contributed by atoms with Gasteiger partial charge in [-0.05, 0) is 37.8 Å². The second-order valence-electron chi connectivity index (χ2n) is 6.70. The molecule has 0 radical (unpaired) electrons. The molecule has 2 atom stereocenters. The maximum Gasteiger partial charge on any atom is 0.324 e. The zero-order valence-corrected chi connectivity index (χ0v) is 15.4. The zero-order valence-electron chi connectivity index (χ0n) is 15.4. The summed E-state index contributed by atoms with van der Waals surface area (Å²) in [6.07, 6.45) is 0.399. The van der Waals surface area contributed by atoms with Crippen LogP contribution in [0, 0.1) is 5.92 Å². The molecule has 2 unspecified atom stereocenters. The molecule has 0 saturated carbocycles. The lowest BCUT2D eigenvalue weighted by Crippen LogP contribution is -2.37. The zero-order chi connectivity index (χ0) is 18.8. The first-order valence-electron chi connectivity index (χ1n) is 9.15. The number of hydrogen-bond acceptors (Lipinski definition) is 5. The molecule has 2 aliphatic heterocycles. The van der Waals surface area contributed by atoms with Gasteiger partial charge in [0.1, 0.15) is 5.75 Å². The molecular formula is C19H25N3O4. The predicted octanol–water partition coefficient (Wildman–Crippen LogP) is 2.11. The quantitative estimate of drug-likeness (QED) is 0.478. The lowest BCUT2D eigenvalue weighted by Gasteiger charge is -2.31. The number of urea groups is 1. The van der Waals surface area contributed by atoms with Crippen LogP contribution in [0.4, 0.5) is 10.5 Å². The highest BCUT2D eigenvalue weighted by molar-refractivity contribution is 6.01. The number of hydrogen-bond donors (Lipinski definition) is 1. The molecule has 7 nitrogen and oxygen atoms in total. The van der Waals surface area contributed by atoms with Crippen LogP contribution < -0.4 is 15.0 Å². The second kappa shape index (κ2) is 7.35. The van der Waals surface area contributed by atoms with Crippen molar-refractivity contribution in [3.05, 3.63) is 23.8 Å². The van der Waals surface area contributed by atoms with Crippen LogP contribution in [0.3, 0.4) is 0 Å². The highest BCUT2D eigenvalue weighted by Gasteiger charge is 2.37. The van der Waals surface area contributed by atoms with Crippen molar-refractivity contribution in [2.75, 3.05) is 31.1 Å². The van der Waals surface area contributed by atoms with Crippen molar-refractivity contribution < 1.29 is 19.1 Å². The molecule has 1 aromatic carbocycles. The molecular weight excluding hydrogens is 334 g/mol. The number of rotatable bonds is 6. The average molecular weight is 359 g/mol. The number of fused-ring (bicyclic) bond motifs is 1. The van der Waals surface area contributed by atoms with Crippen LogP contribution in [0.2, 0.25) is 0 Å². The standard InChI is InChI=1S/C19H25N3O4/c1-4-21(5-2)13-6-7-14-12(3)15(18(24)26-16(14)10-13)8-9-22-17(23)11-20-19(22)25/h6-7,10,12,15H,4-5,8-9,11H2,1-3H3,(H,20,25). The van der Waals surface area contributed by atoms with E-state index in [0.717, 1.165) is 24.3 Å². The lowest BCUT2D eigenvalue weighted by molar-refractivity contribution is -0.141. The normalized spacial score (nSPS) is 22.1. The molecule has 1 fully saturated rings. The van der Waals surface area contributed by atoms with E-state index in [1.165, 1.54) is 4.90 Å². The van der Waals surface area contributed by atoms with Crippen molar-refractivity contribution in [1.82, 2.24) is 10.2 Å². The van der Waals surface area contributed by atoms with Gasteiger partial charge in [0, 0.05) is 31.4 Å². The Morgan fingerprint density at radius 1 is 1.23 bits per heavy atom. The molecule has 140 valence electrons. The van der Waals surface area contributed by atoms with Crippen molar-refractivity contribution in [2.45, 2.75) is 33.1 Å². The Hall–Kier alpha value is -2.57. The van der Waals surface area contributed by atoms with Crippen molar-refractivity contribution in [1.29, 1.82) is 0 Å². The van der Waals surface area contributed by atoms with Gasteiger partial charge < -0.3 is 15.0 Å². The molecule has 2 heterocycles. The van der Waals surface area contributed by atoms with E-state index >= 15 is 0 Å². The third-order valence-corrected chi connectivity index (χ3v) is 5.33. The van der Waals surface area contributed by atoms with Crippen LogP contribution in [0.15, 0.2) is 18.2 Å². The van der Waals surface area contributed by atoms with E-state index in [2.05, 4.69) is 30.1 Å². The fourth-order valence-electron chi connectivity index (χ4n) is 3.70.